The maximum absolute atomic E-state index is 3.55. The first kappa shape index (κ1) is 18.3. The van der Waals surface area contributed by atoms with E-state index in [9.17, 15) is 0 Å². The molecule has 26 heavy (non-hydrogen) atoms. The first-order valence-electron chi connectivity index (χ1n) is 8.37. The van der Waals surface area contributed by atoms with Gasteiger partial charge >= 0.3 is 183 Å². The van der Waals surface area contributed by atoms with E-state index in [-0.39, 0.29) is 0 Å². The number of hydrogen-bond acceptors (Lipinski definition) is 0. The van der Waals surface area contributed by atoms with Crippen LogP contribution in [0.4, 0.5) is 0 Å². The molecule has 0 atom stereocenters. The average Bonchev–Trinajstić information content (AvgIpc) is 2.69. The van der Waals surface area contributed by atoms with Gasteiger partial charge in [0.25, 0.3) is 0 Å². The van der Waals surface area contributed by atoms with E-state index in [4.69, 9.17) is 0 Å². The Labute approximate surface area is 181 Å². The SMILES string of the molecule is Brc1ccc(C2=CB(c3ccccc3)C=C(c3ccc(Br)cc3)[Te]2)cc1. The maximum atomic E-state index is 3.55. The summed E-state index contributed by atoms with van der Waals surface area (Å²) in [5.74, 6) is 4.92. The van der Waals surface area contributed by atoms with Crippen LogP contribution in [0.1, 0.15) is 11.1 Å². The van der Waals surface area contributed by atoms with E-state index in [1.165, 1.54) is 23.8 Å². The molecule has 0 amide bonds. The monoisotopic (exact) mass is 578 g/mol. The van der Waals surface area contributed by atoms with Gasteiger partial charge in [0, 0.05) is 0 Å². The van der Waals surface area contributed by atoms with Crippen LogP contribution in [0.3, 0.4) is 0 Å². The van der Waals surface area contributed by atoms with Crippen LogP contribution < -0.4 is 5.46 Å². The predicted octanol–water partition coefficient (Wildman–Crippen LogP) is 5.79. The Balaban J connectivity index is 1.76. The van der Waals surface area contributed by atoms with Crippen LogP contribution in [-0.2, 0) is 0 Å². The second kappa shape index (κ2) is 8.32. The van der Waals surface area contributed by atoms with Crippen molar-refractivity contribution in [2.24, 2.45) is 0 Å². The van der Waals surface area contributed by atoms with Crippen molar-refractivity contribution < 1.29 is 0 Å². The number of hydrogen-bond donors (Lipinski definition) is 0. The molecule has 1 aliphatic rings. The van der Waals surface area contributed by atoms with Crippen LogP contribution in [0, 0.1) is 0 Å². The Hall–Kier alpha value is -1.05. The summed E-state index contributed by atoms with van der Waals surface area (Å²) in [5.41, 5.74) is 4.04. The molecule has 0 radical (unpaired) electrons. The molecule has 4 rings (SSSR count). The van der Waals surface area contributed by atoms with E-state index in [1.54, 1.807) is 0 Å². The molecule has 3 aromatic carbocycles. The van der Waals surface area contributed by atoms with Crippen LogP contribution in [0.15, 0.2) is 99.8 Å². The topological polar surface area (TPSA) is 0 Å². The summed E-state index contributed by atoms with van der Waals surface area (Å²) in [4.78, 5) is 0. The second-order valence-electron chi connectivity index (χ2n) is 6.11. The molecular formula is C22H15BBr2Te. The van der Waals surface area contributed by atoms with Crippen molar-refractivity contribution in [1.82, 2.24) is 0 Å². The quantitative estimate of drug-likeness (QED) is 0.346. The molecule has 0 aliphatic carbocycles. The Morgan fingerprint density at radius 2 is 1.04 bits per heavy atom. The standard InChI is InChI=1S/C22H15BBr2Te/c24-19-10-6-16(7-11-19)21-14-23(18-4-2-1-3-5-18)15-22(26-21)17-8-12-20(25)13-9-17/h1-15H. The Bertz CT molecular complexity index is 900. The third-order valence-corrected chi connectivity index (χ3v) is 8.76. The van der Waals surface area contributed by atoms with E-state index in [2.05, 4.69) is 123 Å². The van der Waals surface area contributed by atoms with Crippen LogP contribution >= 0.6 is 31.9 Å². The van der Waals surface area contributed by atoms with Gasteiger partial charge in [-0.05, 0) is 0 Å². The van der Waals surface area contributed by atoms with Crippen LogP contribution in [-0.4, -0.2) is 27.6 Å². The van der Waals surface area contributed by atoms with Gasteiger partial charge in [0.2, 0.25) is 0 Å². The van der Waals surface area contributed by atoms with Gasteiger partial charge in [-0.3, -0.25) is 0 Å². The van der Waals surface area contributed by atoms with Gasteiger partial charge in [-0.2, -0.15) is 0 Å². The summed E-state index contributed by atoms with van der Waals surface area (Å²) in [6, 6.07) is 28.2. The summed E-state index contributed by atoms with van der Waals surface area (Å²) >= 11 is 6.66. The van der Waals surface area contributed by atoms with Gasteiger partial charge in [0.15, 0.2) is 0 Å². The molecule has 0 fully saturated rings. The summed E-state index contributed by atoms with van der Waals surface area (Å²) in [6.07, 6.45) is 0. The zero-order valence-corrected chi connectivity index (χ0v) is 19.4. The average molecular weight is 578 g/mol. The van der Waals surface area contributed by atoms with Gasteiger partial charge in [0.1, 0.15) is 0 Å². The molecule has 0 nitrogen and oxygen atoms in total. The first-order chi connectivity index (χ1) is 12.7. The molecule has 0 saturated carbocycles. The van der Waals surface area contributed by atoms with Crippen LogP contribution in [0.2, 0.25) is 0 Å². The fourth-order valence-corrected chi connectivity index (χ4v) is 6.85. The van der Waals surface area contributed by atoms with Crippen LogP contribution in [0.5, 0.6) is 0 Å². The molecule has 1 aliphatic heterocycles. The van der Waals surface area contributed by atoms with Crippen molar-refractivity contribution in [3.63, 3.8) is 0 Å². The molecule has 0 spiro atoms. The molecule has 1 heterocycles. The zero-order valence-electron chi connectivity index (χ0n) is 13.9. The van der Waals surface area contributed by atoms with E-state index in [0.717, 1.165) is 8.95 Å². The number of halogens is 2. The van der Waals surface area contributed by atoms with E-state index < -0.39 is 20.9 Å². The summed E-state index contributed by atoms with van der Waals surface area (Å²) in [6.45, 7) is 0.326. The number of benzene rings is 3. The summed E-state index contributed by atoms with van der Waals surface area (Å²) < 4.78 is 5.28. The Kier molecular flexibility index (Phi) is 5.86. The van der Waals surface area contributed by atoms with Crippen molar-refractivity contribution in [1.29, 1.82) is 0 Å². The summed E-state index contributed by atoms with van der Waals surface area (Å²) in [5, 5.41) is 0. The molecule has 0 bridgehead atoms. The second-order valence-corrected chi connectivity index (χ2v) is 11.0. The van der Waals surface area contributed by atoms with E-state index in [1.807, 2.05) is 0 Å². The Morgan fingerprint density at radius 3 is 1.50 bits per heavy atom. The van der Waals surface area contributed by atoms with Crippen molar-refractivity contribution >= 4 is 72.2 Å². The van der Waals surface area contributed by atoms with Gasteiger partial charge in [0.05, 0.1) is 0 Å². The molecule has 126 valence electrons. The zero-order chi connectivity index (χ0) is 17.9. The van der Waals surface area contributed by atoms with Crippen molar-refractivity contribution in [3.05, 3.63) is 111 Å². The first-order valence-corrected chi connectivity index (χ1v) is 12.3. The van der Waals surface area contributed by atoms with Gasteiger partial charge in [-0.25, -0.2) is 0 Å². The molecule has 4 heteroatoms. The predicted molar refractivity (Wildman–Crippen MR) is 122 cm³/mol. The van der Waals surface area contributed by atoms with E-state index >= 15 is 0 Å². The molecular weight excluding hydrogens is 562 g/mol. The normalized spacial score (nSPS) is 14.0. The Morgan fingerprint density at radius 1 is 0.577 bits per heavy atom. The minimum absolute atomic E-state index is 0.326. The summed E-state index contributed by atoms with van der Waals surface area (Å²) in [7, 11) is 0. The number of rotatable bonds is 3. The molecule has 0 aromatic heterocycles. The third kappa shape index (κ3) is 4.26. The van der Waals surface area contributed by atoms with Crippen LogP contribution in [0.25, 0.3) is 7.24 Å². The molecule has 3 aromatic rings. The molecule has 0 unspecified atom stereocenters. The van der Waals surface area contributed by atoms with Gasteiger partial charge < -0.3 is 0 Å². The van der Waals surface area contributed by atoms with Gasteiger partial charge in [-0.15, -0.1) is 0 Å². The molecule has 0 saturated heterocycles. The van der Waals surface area contributed by atoms with E-state index in [0.29, 0.717) is 6.71 Å². The van der Waals surface area contributed by atoms with Crippen molar-refractivity contribution in [2.75, 3.05) is 0 Å². The third-order valence-electron chi connectivity index (χ3n) is 4.32. The van der Waals surface area contributed by atoms with Crippen molar-refractivity contribution in [2.45, 2.75) is 0 Å². The molecule has 0 N–H and O–H groups in total. The van der Waals surface area contributed by atoms with Crippen molar-refractivity contribution in [3.8, 4) is 0 Å². The van der Waals surface area contributed by atoms with Gasteiger partial charge in [-0.1, -0.05) is 0 Å². The minimum atomic E-state index is -0.435. The fraction of sp³-hybridized carbons (Fsp3) is 0. The fourth-order valence-electron chi connectivity index (χ4n) is 2.97.